The second-order valence-electron chi connectivity index (χ2n) is 6.61. The van der Waals surface area contributed by atoms with Crippen LogP contribution in [0.4, 0.5) is 0 Å². The van der Waals surface area contributed by atoms with Crippen LogP contribution in [0.5, 0.6) is 0 Å². The Kier molecular flexibility index (Phi) is 2.84. The van der Waals surface area contributed by atoms with Gasteiger partial charge in [-0.3, -0.25) is 0 Å². The van der Waals surface area contributed by atoms with Gasteiger partial charge in [-0.25, -0.2) is 4.98 Å². The fraction of sp³-hybridized carbons (Fsp3) is 0.588. The topological polar surface area (TPSA) is 29.9 Å². The van der Waals surface area contributed by atoms with Crippen molar-refractivity contribution < 1.29 is 0 Å². The van der Waals surface area contributed by atoms with Crippen LogP contribution < -0.4 is 5.32 Å². The molecule has 0 spiro atoms. The second kappa shape index (κ2) is 4.59. The normalized spacial score (nSPS) is 27.1. The Bertz CT molecular complexity index is 639. The number of imidazole rings is 1. The van der Waals surface area contributed by atoms with E-state index in [9.17, 15) is 0 Å². The van der Waals surface area contributed by atoms with Crippen LogP contribution in [0.1, 0.15) is 56.1 Å². The van der Waals surface area contributed by atoms with Gasteiger partial charge in [0.05, 0.1) is 17.1 Å². The monoisotopic (exact) mass is 269 g/mol. The molecule has 1 N–H and O–H groups in total. The molecule has 0 amide bonds. The summed E-state index contributed by atoms with van der Waals surface area (Å²) in [6.45, 7) is 5.64. The highest BCUT2D eigenvalue weighted by Gasteiger charge is 2.33. The van der Waals surface area contributed by atoms with E-state index in [0.29, 0.717) is 18.0 Å². The van der Waals surface area contributed by atoms with Gasteiger partial charge in [-0.15, -0.1) is 0 Å². The Morgan fingerprint density at radius 1 is 1.25 bits per heavy atom. The lowest BCUT2D eigenvalue weighted by Gasteiger charge is -2.30. The first-order chi connectivity index (χ1) is 9.74. The molecule has 106 valence electrons. The minimum absolute atomic E-state index is 0.428. The summed E-state index contributed by atoms with van der Waals surface area (Å²) < 4.78 is 2.52. The molecule has 2 aliphatic rings. The summed E-state index contributed by atoms with van der Waals surface area (Å²) in [5, 5.41) is 3.70. The molecule has 2 heterocycles. The first kappa shape index (κ1) is 12.4. The number of hydrogen-bond donors (Lipinski definition) is 1. The average molecular weight is 269 g/mol. The van der Waals surface area contributed by atoms with Crippen molar-refractivity contribution in [1.82, 2.24) is 14.9 Å². The van der Waals surface area contributed by atoms with E-state index in [1.54, 1.807) is 0 Å². The van der Waals surface area contributed by atoms with Crippen molar-refractivity contribution in [1.29, 1.82) is 0 Å². The van der Waals surface area contributed by atoms with Gasteiger partial charge >= 0.3 is 0 Å². The molecule has 20 heavy (non-hydrogen) atoms. The SMILES string of the molecule is Cc1ccc2c(c1)nc(C1NCCCC1C)n2C1CC1. The van der Waals surface area contributed by atoms with Crippen molar-refractivity contribution in [2.75, 3.05) is 6.54 Å². The predicted octanol–water partition coefficient (Wildman–Crippen LogP) is 3.74. The van der Waals surface area contributed by atoms with Crippen LogP contribution in [-0.2, 0) is 0 Å². The summed E-state index contributed by atoms with van der Waals surface area (Å²) in [6.07, 6.45) is 5.23. The van der Waals surface area contributed by atoms with Crippen LogP contribution in [0, 0.1) is 12.8 Å². The van der Waals surface area contributed by atoms with E-state index in [4.69, 9.17) is 4.98 Å². The van der Waals surface area contributed by atoms with Crippen molar-refractivity contribution in [3.8, 4) is 0 Å². The number of hydrogen-bond acceptors (Lipinski definition) is 2. The van der Waals surface area contributed by atoms with Crippen molar-refractivity contribution >= 4 is 11.0 Å². The molecule has 1 aliphatic carbocycles. The molecule has 1 aliphatic heterocycles. The third-order valence-corrected chi connectivity index (χ3v) is 4.83. The van der Waals surface area contributed by atoms with Crippen LogP contribution in [0.2, 0.25) is 0 Å². The molecule has 1 saturated heterocycles. The van der Waals surface area contributed by atoms with E-state index in [0.717, 1.165) is 6.54 Å². The van der Waals surface area contributed by atoms with Gasteiger partial charge < -0.3 is 9.88 Å². The highest BCUT2D eigenvalue weighted by molar-refractivity contribution is 5.77. The molecule has 3 heteroatoms. The molecular weight excluding hydrogens is 246 g/mol. The number of fused-ring (bicyclic) bond motifs is 1. The molecule has 2 aromatic rings. The lowest BCUT2D eigenvalue weighted by molar-refractivity contribution is 0.289. The summed E-state index contributed by atoms with van der Waals surface area (Å²) in [5.74, 6) is 1.96. The molecule has 1 aromatic heterocycles. The Morgan fingerprint density at radius 2 is 2.10 bits per heavy atom. The number of nitrogens with one attached hydrogen (secondary N) is 1. The summed E-state index contributed by atoms with van der Waals surface area (Å²) in [5.41, 5.74) is 3.80. The lowest BCUT2D eigenvalue weighted by Crippen LogP contribution is -2.34. The Hall–Kier alpha value is -1.35. The molecular formula is C17H23N3. The van der Waals surface area contributed by atoms with Gasteiger partial charge in [0.2, 0.25) is 0 Å². The van der Waals surface area contributed by atoms with Crippen LogP contribution in [0.3, 0.4) is 0 Å². The smallest absolute Gasteiger partial charge is 0.127 e. The van der Waals surface area contributed by atoms with Crippen LogP contribution in [0.15, 0.2) is 18.2 Å². The fourth-order valence-electron chi connectivity index (χ4n) is 3.56. The number of aryl methyl sites for hydroxylation is 1. The van der Waals surface area contributed by atoms with E-state index < -0.39 is 0 Å². The maximum atomic E-state index is 5.01. The summed E-state index contributed by atoms with van der Waals surface area (Å²) in [6, 6.07) is 7.81. The maximum Gasteiger partial charge on any atom is 0.127 e. The standard InChI is InChI=1S/C17H23N3/c1-11-5-8-15-14(10-11)19-17(20(15)13-6-7-13)16-12(2)4-3-9-18-16/h5,8,10,12-13,16,18H,3-4,6-7,9H2,1-2H3. The number of benzene rings is 1. The van der Waals surface area contributed by atoms with E-state index in [2.05, 4.69) is 41.9 Å². The molecule has 3 nitrogen and oxygen atoms in total. The van der Waals surface area contributed by atoms with Crippen molar-refractivity contribution in [3.63, 3.8) is 0 Å². The van der Waals surface area contributed by atoms with E-state index in [1.807, 2.05) is 0 Å². The molecule has 1 aromatic carbocycles. The molecule has 2 fully saturated rings. The molecule has 0 bridgehead atoms. The fourth-order valence-corrected chi connectivity index (χ4v) is 3.56. The molecule has 0 radical (unpaired) electrons. The van der Waals surface area contributed by atoms with Gasteiger partial charge in [0.1, 0.15) is 5.82 Å². The van der Waals surface area contributed by atoms with E-state index in [1.165, 1.54) is 48.1 Å². The minimum atomic E-state index is 0.428. The van der Waals surface area contributed by atoms with Gasteiger partial charge in [0.25, 0.3) is 0 Å². The van der Waals surface area contributed by atoms with Crippen molar-refractivity contribution in [2.24, 2.45) is 5.92 Å². The van der Waals surface area contributed by atoms with Gasteiger partial charge in [0, 0.05) is 6.04 Å². The van der Waals surface area contributed by atoms with Gasteiger partial charge in [-0.1, -0.05) is 13.0 Å². The van der Waals surface area contributed by atoms with Gasteiger partial charge in [-0.2, -0.15) is 0 Å². The maximum absolute atomic E-state index is 5.01. The Labute approximate surface area is 120 Å². The summed E-state index contributed by atoms with van der Waals surface area (Å²) >= 11 is 0. The average Bonchev–Trinajstić information content (AvgIpc) is 3.20. The zero-order valence-electron chi connectivity index (χ0n) is 12.4. The number of piperidine rings is 1. The highest BCUT2D eigenvalue weighted by atomic mass is 15.2. The zero-order chi connectivity index (χ0) is 13.7. The third kappa shape index (κ3) is 1.96. The molecule has 2 unspecified atom stereocenters. The Morgan fingerprint density at radius 3 is 2.85 bits per heavy atom. The second-order valence-corrected chi connectivity index (χ2v) is 6.61. The van der Waals surface area contributed by atoms with Crippen molar-refractivity contribution in [2.45, 2.75) is 51.6 Å². The largest absolute Gasteiger partial charge is 0.324 e. The molecule has 4 rings (SSSR count). The number of rotatable bonds is 2. The molecule has 1 saturated carbocycles. The van der Waals surface area contributed by atoms with Crippen LogP contribution >= 0.6 is 0 Å². The summed E-state index contributed by atoms with van der Waals surface area (Å²) in [4.78, 5) is 5.01. The van der Waals surface area contributed by atoms with Crippen LogP contribution in [-0.4, -0.2) is 16.1 Å². The third-order valence-electron chi connectivity index (χ3n) is 4.83. The molecule has 2 atom stereocenters. The first-order valence-corrected chi connectivity index (χ1v) is 7.96. The minimum Gasteiger partial charge on any atom is -0.324 e. The quantitative estimate of drug-likeness (QED) is 0.900. The number of nitrogens with zero attached hydrogens (tertiary/aromatic N) is 2. The van der Waals surface area contributed by atoms with Crippen molar-refractivity contribution in [3.05, 3.63) is 29.6 Å². The Balaban J connectivity index is 1.86. The van der Waals surface area contributed by atoms with E-state index in [-0.39, 0.29) is 0 Å². The van der Waals surface area contributed by atoms with Gasteiger partial charge in [-0.05, 0) is 62.8 Å². The summed E-state index contributed by atoms with van der Waals surface area (Å²) in [7, 11) is 0. The lowest BCUT2D eigenvalue weighted by atomic mass is 9.92. The highest BCUT2D eigenvalue weighted by Crippen LogP contribution is 2.41. The van der Waals surface area contributed by atoms with Gasteiger partial charge in [0.15, 0.2) is 0 Å². The zero-order valence-corrected chi connectivity index (χ0v) is 12.4. The van der Waals surface area contributed by atoms with E-state index >= 15 is 0 Å². The predicted molar refractivity (Wildman–Crippen MR) is 81.9 cm³/mol. The number of aromatic nitrogens is 2. The van der Waals surface area contributed by atoms with Crippen LogP contribution in [0.25, 0.3) is 11.0 Å². The first-order valence-electron chi connectivity index (χ1n) is 7.96.